The number of hydrogen-bond acceptors (Lipinski definition) is 4. The summed E-state index contributed by atoms with van der Waals surface area (Å²) in [5, 5.41) is 4.11. The van der Waals surface area contributed by atoms with Crippen molar-refractivity contribution in [3.05, 3.63) is 17.0 Å². The molecule has 4 nitrogen and oxygen atoms in total. The highest BCUT2D eigenvalue weighted by molar-refractivity contribution is 7.18. The van der Waals surface area contributed by atoms with E-state index >= 15 is 0 Å². The topological polar surface area (TPSA) is 43.6 Å². The van der Waals surface area contributed by atoms with Gasteiger partial charge in [-0.3, -0.25) is 4.68 Å². The molecule has 62 valence electrons. The Labute approximate surface area is 77.8 Å². The average Bonchev–Trinajstić information content (AvgIpc) is 2.58. The van der Waals surface area contributed by atoms with E-state index in [1.807, 2.05) is 7.05 Å². The van der Waals surface area contributed by atoms with E-state index < -0.39 is 0 Å². The summed E-state index contributed by atoms with van der Waals surface area (Å²) in [6.45, 7) is 0. The van der Waals surface area contributed by atoms with Gasteiger partial charge in [0.2, 0.25) is 0 Å². The van der Waals surface area contributed by atoms with Gasteiger partial charge in [-0.15, -0.1) is 0 Å². The molecular weight excluding hydrogens is 196 g/mol. The lowest BCUT2D eigenvalue weighted by Crippen LogP contribution is -1.86. The fraction of sp³-hybridized carbons (Fsp3) is 0.167. The number of aromatic nitrogens is 4. The lowest BCUT2D eigenvalue weighted by atomic mass is 10.5. The summed E-state index contributed by atoms with van der Waals surface area (Å²) in [5.41, 5.74) is 0. The third kappa shape index (κ3) is 1.33. The summed E-state index contributed by atoms with van der Waals surface area (Å²) in [6, 6.07) is 0. The molecule has 0 atom stereocenters. The molecule has 0 aliphatic carbocycles. The van der Waals surface area contributed by atoms with E-state index in [9.17, 15) is 0 Å². The first-order valence-electron chi connectivity index (χ1n) is 3.23. The molecule has 6 heteroatoms. The number of halogens is 1. The molecule has 0 N–H and O–H groups in total. The number of hydrogen-bond donors (Lipinski definition) is 0. The first kappa shape index (κ1) is 7.70. The minimum Gasteiger partial charge on any atom is -0.255 e. The zero-order valence-corrected chi connectivity index (χ0v) is 7.80. The van der Waals surface area contributed by atoms with Gasteiger partial charge in [-0.1, -0.05) is 22.9 Å². The molecule has 0 spiro atoms. The molecule has 0 saturated carbocycles. The van der Waals surface area contributed by atoms with E-state index in [2.05, 4.69) is 15.1 Å². The maximum absolute atomic E-state index is 5.66. The van der Waals surface area contributed by atoms with Crippen LogP contribution in [0.25, 0.3) is 10.7 Å². The van der Waals surface area contributed by atoms with Crippen molar-refractivity contribution in [2.24, 2.45) is 7.05 Å². The van der Waals surface area contributed by atoms with Crippen LogP contribution < -0.4 is 0 Å². The van der Waals surface area contributed by atoms with Crippen LogP contribution in [0.4, 0.5) is 0 Å². The van der Waals surface area contributed by atoms with Crippen LogP contribution in [0.5, 0.6) is 0 Å². The third-order valence-corrected chi connectivity index (χ3v) is 2.41. The van der Waals surface area contributed by atoms with Crippen molar-refractivity contribution in [3.63, 3.8) is 0 Å². The monoisotopic (exact) mass is 200 g/mol. The highest BCUT2D eigenvalue weighted by atomic mass is 35.5. The Kier molecular flexibility index (Phi) is 1.82. The molecule has 0 unspecified atom stereocenters. The SMILES string of the molecule is Cn1cnc(-c2cnc(Cl)s2)n1. The van der Waals surface area contributed by atoms with Gasteiger partial charge in [0.15, 0.2) is 10.3 Å². The molecule has 0 aliphatic heterocycles. The average molecular weight is 201 g/mol. The van der Waals surface area contributed by atoms with Gasteiger partial charge < -0.3 is 0 Å². The number of thiazole rings is 1. The van der Waals surface area contributed by atoms with E-state index in [-0.39, 0.29) is 0 Å². The van der Waals surface area contributed by atoms with E-state index in [1.54, 1.807) is 17.2 Å². The summed E-state index contributed by atoms with van der Waals surface area (Å²) in [7, 11) is 1.82. The molecule has 0 fully saturated rings. The largest absolute Gasteiger partial charge is 0.255 e. The molecule has 2 rings (SSSR count). The summed E-state index contributed by atoms with van der Waals surface area (Å²) in [4.78, 5) is 8.85. The molecular formula is C6H5ClN4S. The van der Waals surface area contributed by atoms with Gasteiger partial charge in [-0.2, -0.15) is 5.10 Å². The Hall–Kier alpha value is -0.940. The molecule has 2 heterocycles. The van der Waals surface area contributed by atoms with Gasteiger partial charge in [-0.25, -0.2) is 9.97 Å². The Bertz CT molecular complexity index is 355. The standard InChI is InChI=1S/C6H5ClN4S/c1-11-3-9-5(10-11)4-2-8-6(7)12-4/h2-3H,1H3. The van der Waals surface area contributed by atoms with Crippen LogP contribution in [-0.4, -0.2) is 19.7 Å². The Morgan fingerprint density at radius 1 is 1.50 bits per heavy atom. The van der Waals surface area contributed by atoms with Crippen LogP contribution in [0.2, 0.25) is 4.47 Å². The normalized spacial score (nSPS) is 10.5. The van der Waals surface area contributed by atoms with Crippen molar-refractivity contribution < 1.29 is 0 Å². The molecule has 0 amide bonds. The minimum atomic E-state index is 0.512. The Balaban J connectivity index is 2.43. The maximum Gasteiger partial charge on any atom is 0.192 e. The molecule has 12 heavy (non-hydrogen) atoms. The molecule has 2 aromatic rings. The lowest BCUT2D eigenvalue weighted by Gasteiger charge is -1.83. The molecule has 0 radical (unpaired) electrons. The van der Waals surface area contributed by atoms with Crippen molar-refractivity contribution in [2.45, 2.75) is 0 Å². The third-order valence-electron chi connectivity index (χ3n) is 1.30. The van der Waals surface area contributed by atoms with E-state index in [0.29, 0.717) is 10.3 Å². The summed E-state index contributed by atoms with van der Waals surface area (Å²) >= 11 is 7.03. The van der Waals surface area contributed by atoms with E-state index in [1.165, 1.54) is 11.3 Å². The zero-order valence-electron chi connectivity index (χ0n) is 6.23. The lowest BCUT2D eigenvalue weighted by molar-refractivity contribution is 0.768. The zero-order chi connectivity index (χ0) is 8.55. The second-order valence-corrected chi connectivity index (χ2v) is 3.83. The van der Waals surface area contributed by atoms with Crippen LogP contribution >= 0.6 is 22.9 Å². The number of nitrogens with zero attached hydrogens (tertiary/aromatic N) is 4. The van der Waals surface area contributed by atoms with Gasteiger partial charge in [0.05, 0.1) is 11.1 Å². The van der Waals surface area contributed by atoms with E-state index in [4.69, 9.17) is 11.6 Å². The smallest absolute Gasteiger partial charge is 0.192 e. The quantitative estimate of drug-likeness (QED) is 0.702. The van der Waals surface area contributed by atoms with Crippen molar-refractivity contribution in [1.82, 2.24) is 19.7 Å². The Morgan fingerprint density at radius 2 is 2.33 bits per heavy atom. The fourth-order valence-corrected chi connectivity index (χ4v) is 1.68. The van der Waals surface area contributed by atoms with Gasteiger partial charge in [0.25, 0.3) is 0 Å². The minimum absolute atomic E-state index is 0.512. The van der Waals surface area contributed by atoms with Crippen LogP contribution in [-0.2, 0) is 7.05 Å². The van der Waals surface area contributed by atoms with Crippen LogP contribution in [0.3, 0.4) is 0 Å². The highest BCUT2D eigenvalue weighted by Gasteiger charge is 2.06. The van der Waals surface area contributed by atoms with Crippen LogP contribution in [0.1, 0.15) is 0 Å². The van der Waals surface area contributed by atoms with Crippen molar-refractivity contribution in [2.75, 3.05) is 0 Å². The van der Waals surface area contributed by atoms with Crippen molar-refractivity contribution >= 4 is 22.9 Å². The second kappa shape index (κ2) is 2.84. The summed E-state index contributed by atoms with van der Waals surface area (Å²) < 4.78 is 2.15. The predicted molar refractivity (Wildman–Crippen MR) is 47.1 cm³/mol. The van der Waals surface area contributed by atoms with E-state index in [0.717, 1.165) is 4.88 Å². The van der Waals surface area contributed by atoms with Crippen molar-refractivity contribution in [1.29, 1.82) is 0 Å². The number of aryl methyl sites for hydroxylation is 1. The molecule has 0 aliphatic rings. The molecule has 0 aromatic carbocycles. The van der Waals surface area contributed by atoms with Crippen molar-refractivity contribution in [3.8, 4) is 10.7 Å². The second-order valence-electron chi connectivity index (χ2n) is 2.22. The van der Waals surface area contributed by atoms with Crippen LogP contribution in [0, 0.1) is 0 Å². The fourth-order valence-electron chi connectivity index (χ4n) is 0.808. The number of rotatable bonds is 1. The summed E-state index contributed by atoms with van der Waals surface area (Å²) in [5.74, 6) is 0.668. The summed E-state index contributed by atoms with van der Waals surface area (Å²) in [6.07, 6.45) is 3.31. The Morgan fingerprint density at radius 3 is 2.83 bits per heavy atom. The van der Waals surface area contributed by atoms with Gasteiger partial charge >= 0.3 is 0 Å². The molecule has 2 aromatic heterocycles. The molecule has 0 saturated heterocycles. The van der Waals surface area contributed by atoms with Gasteiger partial charge in [0, 0.05) is 7.05 Å². The van der Waals surface area contributed by atoms with Gasteiger partial charge in [-0.05, 0) is 0 Å². The van der Waals surface area contributed by atoms with Gasteiger partial charge in [0.1, 0.15) is 6.33 Å². The predicted octanol–water partition coefficient (Wildman–Crippen LogP) is 1.59. The molecule has 0 bridgehead atoms. The highest BCUT2D eigenvalue weighted by Crippen LogP contribution is 2.25. The first-order chi connectivity index (χ1) is 5.75. The van der Waals surface area contributed by atoms with Crippen LogP contribution in [0.15, 0.2) is 12.5 Å². The maximum atomic E-state index is 5.66. The first-order valence-corrected chi connectivity index (χ1v) is 4.42.